The summed E-state index contributed by atoms with van der Waals surface area (Å²) in [5, 5.41) is 10.7. The van der Waals surface area contributed by atoms with E-state index in [2.05, 4.69) is 13.8 Å². The molecule has 0 aliphatic carbocycles. The van der Waals surface area contributed by atoms with Crippen LogP contribution in [0.25, 0.3) is 11.0 Å². The van der Waals surface area contributed by atoms with Crippen LogP contribution in [0.4, 0.5) is 0 Å². The number of morpholine rings is 1. The molecule has 3 atom stereocenters. The Morgan fingerprint density at radius 2 is 1.95 bits per heavy atom. The van der Waals surface area contributed by atoms with Crippen molar-refractivity contribution in [1.29, 1.82) is 0 Å². The molecular formula is C16H19ClNO4+. The number of quaternary nitrogens is 1. The van der Waals surface area contributed by atoms with E-state index in [-0.39, 0.29) is 23.0 Å². The molecule has 0 spiro atoms. The molecule has 2 aromatic rings. The Morgan fingerprint density at radius 3 is 2.64 bits per heavy atom. The highest BCUT2D eigenvalue weighted by Gasteiger charge is 2.26. The van der Waals surface area contributed by atoms with Gasteiger partial charge in [-0.3, -0.25) is 0 Å². The van der Waals surface area contributed by atoms with E-state index in [1.165, 1.54) is 17.0 Å². The summed E-state index contributed by atoms with van der Waals surface area (Å²) in [5.41, 5.74) is 0.820. The molecule has 0 saturated carbocycles. The van der Waals surface area contributed by atoms with Crippen molar-refractivity contribution in [3.05, 3.63) is 39.2 Å². The predicted molar refractivity (Wildman–Crippen MR) is 83.6 cm³/mol. The van der Waals surface area contributed by atoms with Gasteiger partial charge in [0.1, 0.15) is 43.2 Å². The van der Waals surface area contributed by atoms with Crippen LogP contribution in [0.5, 0.6) is 5.75 Å². The number of phenols is 1. The number of phenolic OH excluding ortho intramolecular Hbond substituents is 1. The summed E-state index contributed by atoms with van der Waals surface area (Å²) in [4.78, 5) is 13.1. The standard InChI is InChI=1S/C16H18ClNO4/c1-9-6-18(7-10(2)21-9)8-11-3-16(20)22-15-5-14(19)13(17)4-12(11)15/h3-5,9-10,19H,6-8H2,1-2H3/p+1/t9-,10+. The number of halogens is 1. The highest BCUT2D eigenvalue weighted by atomic mass is 35.5. The van der Waals surface area contributed by atoms with Crippen molar-refractivity contribution in [3.8, 4) is 5.75 Å². The zero-order valence-corrected chi connectivity index (χ0v) is 13.3. The smallest absolute Gasteiger partial charge is 0.336 e. The number of ether oxygens (including phenoxy) is 1. The highest BCUT2D eigenvalue weighted by Crippen LogP contribution is 2.29. The average molecular weight is 325 g/mol. The van der Waals surface area contributed by atoms with E-state index < -0.39 is 5.63 Å². The van der Waals surface area contributed by atoms with Gasteiger partial charge in [0.2, 0.25) is 0 Å². The maximum absolute atomic E-state index is 11.8. The summed E-state index contributed by atoms with van der Waals surface area (Å²) in [7, 11) is 0. The van der Waals surface area contributed by atoms with Gasteiger partial charge in [-0.05, 0) is 19.9 Å². The lowest BCUT2D eigenvalue weighted by Gasteiger charge is -2.32. The Bertz CT molecular complexity index is 748. The quantitative estimate of drug-likeness (QED) is 0.818. The van der Waals surface area contributed by atoms with Crippen molar-refractivity contribution in [3.63, 3.8) is 0 Å². The van der Waals surface area contributed by atoms with Gasteiger partial charge >= 0.3 is 5.63 Å². The Balaban J connectivity index is 1.99. The van der Waals surface area contributed by atoms with Gasteiger partial charge in [-0.25, -0.2) is 4.79 Å². The number of aromatic hydroxyl groups is 1. The Labute approximate surface area is 133 Å². The molecule has 0 amide bonds. The van der Waals surface area contributed by atoms with Gasteiger partial charge in [0, 0.05) is 23.1 Å². The van der Waals surface area contributed by atoms with Crippen LogP contribution in [-0.2, 0) is 11.3 Å². The van der Waals surface area contributed by atoms with E-state index in [9.17, 15) is 9.90 Å². The third-order valence-electron chi connectivity index (χ3n) is 3.95. The molecule has 1 aliphatic rings. The Kier molecular flexibility index (Phi) is 4.12. The first-order valence-corrected chi connectivity index (χ1v) is 7.74. The van der Waals surface area contributed by atoms with Crippen LogP contribution in [0.3, 0.4) is 0 Å². The minimum atomic E-state index is -0.419. The largest absolute Gasteiger partial charge is 0.506 e. The topological polar surface area (TPSA) is 64.1 Å². The highest BCUT2D eigenvalue weighted by molar-refractivity contribution is 6.32. The van der Waals surface area contributed by atoms with E-state index in [0.29, 0.717) is 12.1 Å². The Morgan fingerprint density at radius 1 is 1.27 bits per heavy atom. The van der Waals surface area contributed by atoms with Crippen molar-refractivity contribution < 1.29 is 19.2 Å². The van der Waals surface area contributed by atoms with E-state index in [1.54, 1.807) is 6.07 Å². The van der Waals surface area contributed by atoms with Crippen LogP contribution in [0.1, 0.15) is 19.4 Å². The molecule has 2 N–H and O–H groups in total. The predicted octanol–water partition coefficient (Wildman–Crippen LogP) is 1.34. The van der Waals surface area contributed by atoms with E-state index in [1.807, 2.05) is 0 Å². The molecule has 1 aromatic heterocycles. The number of hydrogen-bond acceptors (Lipinski definition) is 4. The van der Waals surface area contributed by atoms with Gasteiger partial charge < -0.3 is 19.2 Å². The molecule has 0 radical (unpaired) electrons. The second kappa shape index (κ2) is 5.91. The van der Waals surface area contributed by atoms with Gasteiger partial charge in [0.25, 0.3) is 0 Å². The summed E-state index contributed by atoms with van der Waals surface area (Å²) < 4.78 is 10.9. The van der Waals surface area contributed by atoms with Gasteiger partial charge in [-0.2, -0.15) is 0 Å². The summed E-state index contributed by atoms with van der Waals surface area (Å²) in [5.74, 6) is -0.0876. The Hall–Kier alpha value is -1.56. The molecule has 6 heteroatoms. The van der Waals surface area contributed by atoms with E-state index in [0.717, 1.165) is 24.0 Å². The fraction of sp³-hybridized carbons (Fsp3) is 0.438. The first-order chi connectivity index (χ1) is 10.4. The molecule has 1 fully saturated rings. The van der Waals surface area contributed by atoms with Crippen molar-refractivity contribution >= 4 is 22.6 Å². The van der Waals surface area contributed by atoms with Gasteiger partial charge in [0.15, 0.2) is 0 Å². The number of fused-ring (bicyclic) bond motifs is 1. The first-order valence-electron chi connectivity index (χ1n) is 7.36. The molecule has 118 valence electrons. The fourth-order valence-electron chi connectivity index (χ4n) is 3.19. The minimum absolute atomic E-state index is 0.0876. The SMILES string of the molecule is C[C@@H]1C[NH+](Cc2cc(=O)oc3cc(O)c(Cl)cc23)C[C@H](C)O1. The van der Waals surface area contributed by atoms with Crippen molar-refractivity contribution in [1.82, 2.24) is 0 Å². The van der Waals surface area contributed by atoms with Crippen molar-refractivity contribution in [2.24, 2.45) is 0 Å². The minimum Gasteiger partial charge on any atom is -0.506 e. The lowest BCUT2D eigenvalue weighted by molar-refractivity contribution is -0.928. The second-order valence-electron chi connectivity index (χ2n) is 5.98. The zero-order valence-electron chi connectivity index (χ0n) is 12.6. The van der Waals surface area contributed by atoms with Crippen LogP contribution in [0.2, 0.25) is 5.02 Å². The summed E-state index contributed by atoms with van der Waals surface area (Å²) in [6, 6.07) is 4.55. The zero-order chi connectivity index (χ0) is 15.9. The van der Waals surface area contributed by atoms with Crippen molar-refractivity contribution in [2.45, 2.75) is 32.6 Å². The van der Waals surface area contributed by atoms with E-state index in [4.69, 9.17) is 20.8 Å². The summed E-state index contributed by atoms with van der Waals surface area (Å²) in [6.45, 7) is 6.58. The van der Waals surface area contributed by atoms with Crippen LogP contribution in [0, 0.1) is 0 Å². The lowest BCUT2D eigenvalue weighted by atomic mass is 10.1. The van der Waals surface area contributed by atoms with Gasteiger partial charge in [-0.15, -0.1) is 0 Å². The molecule has 1 aliphatic heterocycles. The molecular weight excluding hydrogens is 306 g/mol. The molecule has 3 rings (SSSR count). The molecule has 1 saturated heterocycles. The molecule has 0 bridgehead atoms. The second-order valence-corrected chi connectivity index (χ2v) is 6.39. The van der Waals surface area contributed by atoms with Crippen LogP contribution >= 0.6 is 11.6 Å². The summed E-state index contributed by atoms with van der Waals surface area (Å²) in [6.07, 6.45) is 0.385. The van der Waals surface area contributed by atoms with Crippen LogP contribution in [0.15, 0.2) is 27.4 Å². The third kappa shape index (κ3) is 3.11. The maximum Gasteiger partial charge on any atom is 0.336 e. The number of rotatable bonds is 2. The number of nitrogens with one attached hydrogen (secondary N) is 1. The number of benzene rings is 1. The molecule has 1 aromatic carbocycles. The lowest BCUT2D eigenvalue weighted by Crippen LogP contribution is -3.14. The average Bonchev–Trinajstić information content (AvgIpc) is 2.39. The molecule has 1 unspecified atom stereocenters. The molecule has 5 nitrogen and oxygen atoms in total. The maximum atomic E-state index is 11.8. The third-order valence-corrected chi connectivity index (χ3v) is 4.26. The van der Waals surface area contributed by atoms with Gasteiger partial charge in [0.05, 0.1) is 5.02 Å². The molecule has 2 heterocycles. The fourth-order valence-corrected chi connectivity index (χ4v) is 3.35. The molecule has 22 heavy (non-hydrogen) atoms. The van der Waals surface area contributed by atoms with E-state index >= 15 is 0 Å². The van der Waals surface area contributed by atoms with Gasteiger partial charge in [-0.1, -0.05) is 11.6 Å². The number of hydrogen-bond donors (Lipinski definition) is 2. The summed E-state index contributed by atoms with van der Waals surface area (Å²) >= 11 is 5.99. The first kappa shape index (κ1) is 15.3. The van der Waals surface area contributed by atoms with Crippen LogP contribution in [-0.4, -0.2) is 30.4 Å². The van der Waals surface area contributed by atoms with Crippen LogP contribution < -0.4 is 10.5 Å². The monoisotopic (exact) mass is 324 g/mol. The van der Waals surface area contributed by atoms with Crippen molar-refractivity contribution in [2.75, 3.05) is 13.1 Å². The normalized spacial score (nSPS) is 25.5.